The average molecular weight is 333 g/mol. The van der Waals surface area contributed by atoms with Crippen molar-refractivity contribution in [3.05, 3.63) is 10.3 Å². The van der Waals surface area contributed by atoms with Crippen LogP contribution in [0.2, 0.25) is 0 Å². The fourth-order valence-corrected chi connectivity index (χ4v) is 4.37. The molecule has 1 saturated heterocycles. The smallest absolute Gasteiger partial charge is 0.153 e. The summed E-state index contributed by atoms with van der Waals surface area (Å²) < 4.78 is 2.76. The van der Waals surface area contributed by atoms with Gasteiger partial charge in [0.15, 0.2) is 4.60 Å². The number of hydrogen-bond acceptors (Lipinski definition) is 4. The predicted molar refractivity (Wildman–Crippen MR) is 79.8 cm³/mol. The van der Waals surface area contributed by atoms with Crippen molar-refractivity contribution < 1.29 is 0 Å². The van der Waals surface area contributed by atoms with Gasteiger partial charge in [-0.25, -0.2) is 4.68 Å². The molecule has 0 spiro atoms. The first-order valence-corrected chi connectivity index (χ1v) is 8.53. The molecule has 0 radical (unpaired) electrons. The van der Waals surface area contributed by atoms with E-state index in [4.69, 9.17) is 0 Å². The van der Waals surface area contributed by atoms with Crippen molar-refractivity contribution in [1.29, 1.82) is 0 Å². The van der Waals surface area contributed by atoms with E-state index in [-0.39, 0.29) is 0 Å². The van der Waals surface area contributed by atoms with E-state index in [9.17, 15) is 0 Å². The van der Waals surface area contributed by atoms with Crippen molar-refractivity contribution in [2.24, 2.45) is 13.0 Å². The normalized spacial score (nSPS) is 19.1. The zero-order valence-electron chi connectivity index (χ0n) is 11.0. The molecule has 1 aliphatic rings. The number of rotatable bonds is 5. The molecular weight excluding hydrogens is 312 g/mol. The molecule has 102 valence electrons. The molecule has 1 aliphatic heterocycles. The highest BCUT2D eigenvalue weighted by atomic mass is 79.9. The van der Waals surface area contributed by atoms with Crippen LogP contribution < -0.4 is 5.32 Å². The van der Waals surface area contributed by atoms with E-state index in [1.807, 2.05) is 11.7 Å². The van der Waals surface area contributed by atoms with Crippen LogP contribution in [0.5, 0.6) is 0 Å². The van der Waals surface area contributed by atoms with Gasteiger partial charge in [-0.05, 0) is 59.2 Å². The molecule has 1 fully saturated rings. The lowest BCUT2D eigenvalue weighted by molar-refractivity contribution is 0.361. The van der Waals surface area contributed by atoms with Crippen LogP contribution in [0.15, 0.2) is 4.60 Å². The fourth-order valence-electron chi connectivity index (χ4n) is 2.56. The Morgan fingerprint density at radius 2 is 2.22 bits per heavy atom. The van der Waals surface area contributed by atoms with Gasteiger partial charge in [-0.15, -0.1) is 5.10 Å². The van der Waals surface area contributed by atoms with Gasteiger partial charge in [0.25, 0.3) is 0 Å². The van der Waals surface area contributed by atoms with Crippen LogP contribution in [0.3, 0.4) is 0 Å². The third-order valence-electron chi connectivity index (χ3n) is 3.52. The van der Waals surface area contributed by atoms with Gasteiger partial charge in [0.1, 0.15) is 0 Å². The zero-order valence-corrected chi connectivity index (χ0v) is 13.4. The van der Waals surface area contributed by atoms with E-state index in [0.29, 0.717) is 6.04 Å². The summed E-state index contributed by atoms with van der Waals surface area (Å²) >= 11 is 5.60. The lowest BCUT2D eigenvalue weighted by Crippen LogP contribution is -2.27. The molecule has 0 aliphatic carbocycles. The second-order valence-electron chi connectivity index (χ2n) is 4.79. The molecule has 0 saturated carbocycles. The highest BCUT2D eigenvalue weighted by molar-refractivity contribution is 9.10. The maximum absolute atomic E-state index is 4.10. The molecule has 2 rings (SSSR count). The number of nitrogens with zero attached hydrogens (tertiary/aromatic N) is 3. The summed E-state index contributed by atoms with van der Waals surface area (Å²) in [5, 5.41) is 11.8. The lowest BCUT2D eigenvalue weighted by Gasteiger charge is -2.26. The molecule has 0 amide bonds. The summed E-state index contributed by atoms with van der Waals surface area (Å²) in [4.78, 5) is 0. The van der Waals surface area contributed by atoms with E-state index in [1.165, 1.54) is 36.5 Å². The summed E-state index contributed by atoms with van der Waals surface area (Å²) in [5.74, 6) is 3.46. The number of halogens is 1. The van der Waals surface area contributed by atoms with Crippen molar-refractivity contribution in [1.82, 2.24) is 20.3 Å². The lowest BCUT2D eigenvalue weighted by atomic mass is 9.93. The Labute approximate surface area is 121 Å². The van der Waals surface area contributed by atoms with E-state index >= 15 is 0 Å². The molecule has 6 heteroatoms. The van der Waals surface area contributed by atoms with Crippen molar-refractivity contribution in [3.8, 4) is 0 Å². The fraction of sp³-hybridized carbons (Fsp3) is 0.833. The van der Waals surface area contributed by atoms with E-state index in [2.05, 4.69) is 50.2 Å². The van der Waals surface area contributed by atoms with Crippen LogP contribution >= 0.6 is 27.7 Å². The number of thioether (sulfide) groups is 1. The first kappa shape index (κ1) is 14.3. The minimum absolute atomic E-state index is 0.359. The Kier molecular flexibility index (Phi) is 5.51. The van der Waals surface area contributed by atoms with Crippen molar-refractivity contribution in [2.45, 2.75) is 32.2 Å². The molecule has 1 aromatic rings. The minimum atomic E-state index is 0.359. The van der Waals surface area contributed by atoms with Gasteiger partial charge in [0.05, 0.1) is 11.7 Å². The maximum atomic E-state index is 4.10. The van der Waals surface area contributed by atoms with E-state index in [1.54, 1.807) is 0 Å². The number of aryl methyl sites for hydroxylation is 1. The van der Waals surface area contributed by atoms with Crippen LogP contribution in [-0.4, -0.2) is 33.0 Å². The van der Waals surface area contributed by atoms with Crippen molar-refractivity contribution in [3.63, 3.8) is 0 Å². The summed E-state index contributed by atoms with van der Waals surface area (Å²) in [5.41, 5.74) is 1.18. The number of aromatic nitrogens is 3. The summed E-state index contributed by atoms with van der Waals surface area (Å²) in [6.07, 6.45) is 3.87. The van der Waals surface area contributed by atoms with Gasteiger partial charge in [0, 0.05) is 7.05 Å². The molecule has 0 aromatic carbocycles. The molecule has 1 unspecified atom stereocenters. The Hall–Kier alpha value is -0.0700. The van der Waals surface area contributed by atoms with Gasteiger partial charge >= 0.3 is 0 Å². The predicted octanol–water partition coefficient (Wildman–Crippen LogP) is 2.76. The highest BCUT2D eigenvalue weighted by Crippen LogP contribution is 2.32. The number of hydrogen-bond donors (Lipinski definition) is 1. The first-order chi connectivity index (χ1) is 8.72. The van der Waals surface area contributed by atoms with Crippen LogP contribution in [0.1, 0.15) is 37.9 Å². The van der Waals surface area contributed by atoms with Crippen molar-refractivity contribution >= 4 is 27.7 Å². The Balaban J connectivity index is 2.07. The Bertz CT molecular complexity index is 357. The van der Waals surface area contributed by atoms with Crippen LogP contribution in [-0.2, 0) is 7.05 Å². The SMILES string of the molecule is CCNC(CC1CCSCC1)c1c(Br)nnn1C. The minimum Gasteiger partial charge on any atom is -0.309 e. The summed E-state index contributed by atoms with van der Waals surface area (Å²) in [7, 11) is 1.97. The standard InChI is InChI=1S/C12H21BrN4S/c1-3-14-10(8-9-4-6-18-7-5-9)11-12(13)15-16-17(11)2/h9-10,14H,3-8H2,1-2H3. The number of nitrogens with one attached hydrogen (secondary N) is 1. The third-order valence-corrected chi connectivity index (χ3v) is 5.13. The molecule has 0 bridgehead atoms. The Morgan fingerprint density at radius 3 is 2.78 bits per heavy atom. The van der Waals surface area contributed by atoms with E-state index in [0.717, 1.165) is 17.1 Å². The molecule has 2 heterocycles. The quantitative estimate of drug-likeness (QED) is 0.900. The second kappa shape index (κ2) is 6.91. The summed E-state index contributed by atoms with van der Waals surface area (Å²) in [6.45, 7) is 3.13. The molecule has 1 aromatic heterocycles. The van der Waals surface area contributed by atoms with Crippen molar-refractivity contribution in [2.75, 3.05) is 18.1 Å². The van der Waals surface area contributed by atoms with Gasteiger partial charge in [-0.1, -0.05) is 12.1 Å². The third kappa shape index (κ3) is 3.48. The first-order valence-electron chi connectivity index (χ1n) is 6.58. The van der Waals surface area contributed by atoms with E-state index < -0.39 is 0 Å². The van der Waals surface area contributed by atoms with Gasteiger partial charge in [-0.3, -0.25) is 0 Å². The van der Waals surface area contributed by atoms with Crippen LogP contribution in [0, 0.1) is 5.92 Å². The second-order valence-corrected chi connectivity index (χ2v) is 6.77. The topological polar surface area (TPSA) is 42.7 Å². The molecule has 1 N–H and O–H groups in total. The monoisotopic (exact) mass is 332 g/mol. The zero-order chi connectivity index (χ0) is 13.0. The average Bonchev–Trinajstić information content (AvgIpc) is 2.70. The Morgan fingerprint density at radius 1 is 1.50 bits per heavy atom. The summed E-state index contributed by atoms with van der Waals surface area (Å²) in [6, 6.07) is 0.359. The van der Waals surface area contributed by atoms with Crippen LogP contribution in [0.25, 0.3) is 0 Å². The molecule has 4 nitrogen and oxygen atoms in total. The molecular formula is C12H21BrN4S. The molecule has 1 atom stereocenters. The highest BCUT2D eigenvalue weighted by Gasteiger charge is 2.24. The van der Waals surface area contributed by atoms with Gasteiger partial charge < -0.3 is 5.32 Å². The van der Waals surface area contributed by atoms with Gasteiger partial charge in [-0.2, -0.15) is 11.8 Å². The largest absolute Gasteiger partial charge is 0.309 e. The van der Waals surface area contributed by atoms with Crippen LogP contribution in [0.4, 0.5) is 0 Å². The molecule has 18 heavy (non-hydrogen) atoms. The maximum Gasteiger partial charge on any atom is 0.153 e. The van der Waals surface area contributed by atoms with Gasteiger partial charge in [0.2, 0.25) is 0 Å².